The Hall–Kier alpha value is -1.65. The van der Waals surface area contributed by atoms with Crippen LogP contribution < -0.4 is 9.60 Å². The Morgan fingerprint density at radius 3 is 2.29 bits per heavy atom. The number of para-hydroxylation sites is 1. The maximum atomic E-state index is 12.3. The highest BCUT2D eigenvalue weighted by Gasteiger charge is 2.23. The van der Waals surface area contributed by atoms with E-state index in [1.807, 2.05) is 0 Å². The van der Waals surface area contributed by atoms with Gasteiger partial charge in [0.15, 0.2) is 14.0 Å². The van der Waals surface area contributed by atoms with E-state index >= 15 is 0 Å². The fourth-order valence-corrected chi connectivity index (χ4v) is 5.00. The molecule has 0 fully saturated rings. The lowest BCUT2D eigenvalue weighted by atomic mass is 10.3. The van der Waals surface area contributed by atoms with Crippen molar-refractivity contribution in [3.8, 4) is 0 Å². The third-order valence-corrected chi connectivity index (χ3v) is 6.68. The van der Waals surface area contributed by atoms with Gasteiger partial charge >= 0.3 is 4.87 Å². The first-order chi connectivity index (χ1) is 9.61. The summed E-state index contributed by atoms with van der Waals surface area (Å²) in [6.07, 6.45) is 0.986. The molecule has 2 aromatic rings. The number of sulfonamides is 1. The van der Waals surface area contributed by atoms with Gasteiger partial charge in [0.1, 0.15) is 0 Å². The van der Waals surface area contributed by atoms with Crippen LogP contribution in [-0.4, -0.2) is 28.1 Å². The van der Waals surface area contributed by atoms with E-state index in [2.05, 4.69) is 9.71 Å². The molecular weight excluding hydrogens is 336 g/mol. The molecule has 1 aromatic carbocycles. The zero-order chi connectivity index (χ0) is 15.8. The van der Waals surface area contributed by atoms with Gasteiger partial charge in [0.2, 0.25) is 0 Å². The van der Waals surface area contributed by atoms with Crippen LogP contribution in [0.3, 0.4) is 0 Å². The highest BCUT2D eigenvalue weighted by Crippen LogP contribution is 2.25. The fraction of sp³-hybridized carbons (Fsp3) is 0.182. The molecule has 0 amide bonds. The van der Waals surface area contributed by atoms with Gasteiger partial charge in [0.05, 0.1) is 10.6 Å². The summed E-state index contributed by atoms with van der Waals surface area (Å²) in [5, 5.41) is 0. The largest absolute Gasteiger partial charge is 0.315 e. The summed E-state index contributed by atoms with van der Waals surface area (Å²) >= 11 is 0.543. The van der Waals surface area contributed by atoms with E-state index in [4.69, 9.17) is 0 Å². The molecule has 0 spiro atoms. The van der Waals surface area contributed by atoms with Crippen LogP contribution in [0, 0.1) is 6.92 Å². The second-order valence-corrected chi connectivity index (χ2v) is 9.15. The first-order valence-electron chi connectivity index (χ1n) is 5.63. The summed E-state index contributed by atoms with van der Waals surface area (Å²) in [6.45, 7) is 1.45. The number of aromatic nitrogens is 1. The number of aromatic amines is 1. The number of hydrogen-bond donors (Lipinski definition) is 2. The second kappa shape index (κ2) is 5.28. The lowest BCUT2D eigenvalue weighted by Crippen LogP contribution is -2.15. The van der Waals surface area contributed by atoms with Crippen LogP contribution >= 0.6 is 11.3 Å². The van der Waals surface area contributed by atoms with Gasteiger partial charge in [-0.3, -0.25) is 9.52 Å². The Morgan fingerprint density at radius 1 is 1.14 bits per heavy atom. The first kappa shape index (κ1) is 15.7. The molecule has 2 N–H and O–H groups in total. The Balaban J connectivity index is 2.53. The summed E-state index contributed by atoms with van der Waals surface area (Å²) in [5.41, 5.74) is 0.148. The minimum atomic E-state index is -4.03. The normalized spacial score (nSPS) is 12.3. The predicted octanol–water partition coefficient (Wildman–Crippen LogP) is 0.949. The minimum absolute atomic E-state index is 0.0553. The van der Waals surface area contributed by atoms with Crippen LogP contribution in [0.25, 0.3) is 0 Å². The average molecular weight is 348 g/mol. The van der Waals surface area contributed by atoms with Gasteiger partial charge in [-0.25, -0.2) is 16.8 Å². The van der Waals surface area contributed by atoms with E-state index in [9.17, 15) is 21.6 Å². The summed E-state index contributed by atoms with van der Waals surface area (Å²) in [5.74, 6) is 0. The molecule has 1 heterocycles. The molecular formula is C11H12N2O5S3. The maximum Gasteiger partial charge on any atom is 0.306 e. The van der Waals surface area contributed by atoms with Crippen LogP contribution in [0.2, 0.25) is 0 Å². The minimum Gasteiger partial charge on any atom is -0.315 e. The number of H-pyrrole nitrogens is 1. The topological polar surface area (TPSA) is 113 Å². The Labute approximate surface area is 125 Å². The molecule has 0 radical (unpaired) electrons. The summed E-state index contributed by atoms with van der Waals surface area (Å²) < 4.78 is 49.9. The van der Waals surface area contributed by atoms with Gasteiger partial charge in [-0.05, 0) is 19.1 Å². The van der Waals surface area contributed by atoms with Crippen molar-refractivity contribution in [3.05, 3.63) is 39.6 Å². The van der Waals surface area contributed by atoms with Gasteiger partial charge in [-0.15, -0.1) is 0 Å². The summed E-state index contributed by atoms with van der Waals surface area (Å²) in [7, 11) is -7.62. The molecule has 1 aromatic heterocycles. The van der Waals surface area contributed by atoms with Crippen molar-refractivity contribution < 1.29 is 16.8 Å². The lowest BCUT2D eigenvalue weighted by Gasteiger charge is -2.10. The molecule has 0 aliphatic rings. The van der Waals surface area contributed by atoms with Crippen molar-refractivity contribution in [2.24, 2.45) is 0 Å². The predicted molar refractivity (Wildman–Crippen MR) is 80.0 cm³/mol. The van der Waals surface area contributed by atoms with Gasteiger partial charge in [0, 0.05) is 11.9 Å². The SMILES string of the molecule is Cc1[nH]c(=O)sc1S(=O)(=O)Nc1ccccc1S(C)(=O)=O. The van der Waals surface area contributed by atoms with Crippen LogP contribution in [-0.2, 0) is 19.9 Å². The number of rotatable bonds is 4. The van der Waals surface area contributed by atoms with Gasteiger partial charge in [0.25, 0.3) is 10.0 Å². The highest BCUT2D eigenvalue weighted by atomic mass is 32.2. The standard InChI is InChI=1S/C11H12N2O5S3/c1-7-10(19-11(14)12-7)21(17,18)13-8-5-3-4-6-9(8)20(2,15)16/h3-6,13H,1-2H3,(H,12,14). The van der Waals surface area contributed by atoms with Crippen LogP contribution in [0.15, 0.2) is 38.2 Å². The van der Waals surface area contributed by atoms with Gasteiger partial charge in [-0.2, -0.15) is 0 Å². The molecule has 0 unspecified atom stereocenters. The van der Waals surface area contributed by atoms with Crippen molar-refractivity contribution >= 4 is 36.9 Å². The van der Waals surface area contributed by atoms with Crippen molar-refractivity contribution in [1.29, 1.82) is 0 Å². The van der Waals surface area contributed by atoms with Crippen LogP contribution in [0.4, 0.5) is 5.69 Å². The molecule has 0 atom stereocenters. The molecule has 0 aliphatic carbocycles. The molecule has 10 heteroatoms. The van der Waals surface area contributed by atoms with Crippen molar-refractivity contribution in [3.63, 3.8) is 0 Å². The molecule has 0 saturated heterocycles. The smallest absolute Gasteiger partial charge is 0.306 e. The molecule has 2 rings (SSSR count). The molecule has 0 bridgehead atoms. The van der Waals surface area contributed by atoms with Crippen molar-refractivity contribution in [2.75, 3.05) is 11.0 Å². The molecule has 0 saturated carbocycles. The van der Waals surface area contributed by atoms with E-state index in [0.29, 0.717) is 11.3 Å². The number of benzene rings is 1. The maximum absolute atomic E-state index is 12.3. The zero-order valence-corrected chi connectivity index (χ0v) is 13.5. The van der Waals surface area contributed by atoms with Gasteiger partial charge < -0.3 is 4.98 Å². The van der Waals surface area contributed by atoms with E-state index in [1.54, 1.807) is 0 Å². The summed E-state index contributed by atoms with van der Waals surface area (Å²) in [4.78, 5) is 13.0. The molecule has 21 heavy (non-hydrogen) atoms. The van der Waals surface area contributed by atoms with E-state index in [1.165, 1.54) is 31.2 Å². The van der Waals surface area contributed by atoms with E-state index in [0.717, 1.165) is 6.26 Å². The third-order valence-electron chi connectivity index (χ3n) is 2.56. The second-order valence-electron chi connectivity index (χ2n) is 4.30. The fourth-order valence-electron chi connectivity index (χ4n) is 1.71. The molecule has 0 aliphatic heterocycles. The number of anilines is 1. The van der Waals surface area contributed by atoms with Crippen LogP contribution in [0.1, 0.15) is 5.69 Å². The Kier molecular flexibility index (Phi) is 3.95. The summed E-state index contributed by atoms with van der Waals surface area (Å²) in [6, 6.07) is 5.66. The lowest BCUT2D eigenvalue weighted by molar-refractivity contribution is 0.602. The van der Waals surface area contributed by atoms with Crippen LogP contribution in [0.5, 0.6) is 0 Å². The van der Waals surface area contributed by atoms with Crippen molar-refractivity contribution in [2.45, 2.75) is 16.0 Å². The highest BCUT2D eigenvalue weighted by molar-refractivity contribution is 7.95. The number of hydrogen-bond acceptors (Lipinski definition) is 6. The average Bonchev–Trinajstić information content (AvgIpc) is 2.68. The number of nitrogens with one attached hydrogen (secondary N) is 2. The van der Waals surface area contributed by atoms with E-state index in [-0.39, 0.29) is 20.5 Å². The number of thiazole rings is 1. The zero-order valence-electron chi connectivity index (χ0n) is 11.1. The number of aryl methyl sites for hydroxylation is 1. The Bertz CT molecular complexity index is 938. The van der Waals surface area contributed by atoms with Gasteiger partial charge in [-0.1, -0.05) is 23.5 Å². The molecule has 7 nitrogen and oxygen atoms in total. The first-order valence-corrected chi connectivity index (χ1v) is 9.82. The van der Waals surface area contributed by atoms with Crippen molar-refractivity contribution in [1.82, 2.24) is 4.98 Å². The number of sulfone groups is 1. The van der Waals surface area contributed by atoms with E-state index < -0.39 is 24.7 Å². The third kappa shape index (κ3) is 3.34. The quantitative estimate of drug-likeness (QED) is 0.854. The molecule has 114 valence electrons. The monoisotopic (exact) mass is 348 g/mol. The Morgan fingerprint density at radius 2 is 1.76 bits per heavy atom.